The molecule has 2 aliphatic heterocycles. The van der Waals surface area contributed by atoms with E-state index in [1.54, 1.807) is 4.90 Å². The van der Waals surface area contributed by atoms with Crippen LogP contribution in [0.4, 0.5) is 5.69 Å². The molecule has 144 valence electrons. The Kier molecular flexibility index (Phi) is 4.12. The zero-order valence-electron chi connectivity index (χ0n) is 16.8. The van der Waals surface area contributed by atoms with E-state index in [0.29, 0.717) is 17.0 Å². The molecular weight excluding hydrogens is 382 g/mol. The maximum absolute atomic E-state index is 13.4. The second kappa shape index (κ2) is 6.21. The average molecular weight is 402 g/mol. The highest BCUT2D eigenvalue weighted by Crippen LogP contribution is 2.57. The van der Waals surface area contributed by atoms with Crippen molar-refractivity contribution < 1.29 is 4.79 Å². The molecule has 1 atom stereocenters. The first-order chi connectivity index (χ1) is 13.7. The molecule has 0 saturated carbocycles. The summed E-state index contributed by atoms with van der Waals surface area (Å²) in [5.74, 6) is -0.267. The van der Waals surface area contributed by atoms with E-state index in [1.807, 2.05) is 63.2 Å². The number of anilines is 1. The highest BCUT2D eigenvalue weighted by Gasteiger charge is 2.53. The number of nitriles is 2. The number of nitrogens with zero attached hydrogens (tertiary/aromatic N) is 3. The predicted molar refractivity (Wildman–Crippen MR) is 113 cm³/mol. The third-order valence-electron chi connectivity index (χ3n) is 6.22. The van der Waals surface area contributed by atoms with E-state index >= 15 is 0 Å². The van der Waals surface area contributed by atoms with Gasteiger partial charge in [-0.1, -0.05) is 42.8 Å². The molecule has 4 rings (SSSR count). The third kappa shape index (κ3) is 2.53. The topological polar surface area (TPSA) is 67.9 Å². The van der Waals surface area contributed by atoms with Crippen molar-refractivity contribution in [1.82, 2.24) is 0 Å². The van der Waals surface area contributed by atoms with E-state index in [4.69, 9.17) is 11.6 Å². The number of aryl methyl sites for hydroxylation is 1. The summed E-state index contributed by atoms with van der Waals surface area (Å²) < 4.78 is 0. The zero-order valence-corrected chi connectivity index (χ0v) is 17.6. The Morgan fingerprint density at radius 3 is 2.28 bits per heavy atom. The van der Waals surface area contributed by atoms with Crippen molar-refractivity contribution in [3.63, 3.8) is 0 Å². The quantitative estimate of drug-likeness (QED) is 0.482. The van der Waals surface area contributed by atoms with Gasteiger partial charge in [0.2, 0.25) is 0 Å². The minimum absolute atomic E-state index is 0.134. The SMILES string of the molecule is Cc1ccc2c3c1C(=C(C#N)C#N)C(=O)N3C(C)(C)C[C@@]2(C)c1ccc(Cl)cc1. The molecule has 2 aliphatic rings. The minimum Gasteiger partial charge on any atom is -0.302 e. The lowest BCUT2D eigenvalue weighted by molar-refractivity contribution is -0.114. The van der Waals surface area contributed by atoms with Crippen molar-refractivity contribution in [2.24, 2.45) is 0 Å². The van der Waals surface area contributed by atoms with Gasteiger partial charge in [0.05, 0.1) is 11.3 Å². The summed E-state index contributed by atoms with van der Waals surface area (Å²) >= 11 is 6.12. The Morgan fingerprint density at radius 2 is 1.69 bits per heavy atom. The van der Waals surface area contributed by atoms with Gasteiger partial charge in [0.25, 0.3) is 5.91 Å². The van der Waals surface area contributed by atoms with E-state index in [2.05, 4.69) is 13.0 Å². The van der Waals surface area contributed by atoms with Crippen molar-refractivity contribution in [1.29, 1.82) is 10.5 Å². The number of carbonyl (C=O) groups is 1. The molecule has 2 aromatic carbocycles. The molecule has 2 aromatic rings. The summed E-state index contributed by atoms with van der Waals surface area (Å²) in [5, 5.41) is 19.7. The number of carbonyl (C=O) groups excluding carboxylic acids is 1. The van der Waals surface area contributed by atoms with E-state index < -0.39 is 5.54 Å². The standard InChI is InChI=1S/C24H20ClN3O/c1-14-5-10-18-21-19(14)20(15(11-26)12-27)22(29)28(21)23(2,3)13-24(18,4)16-6-8-17(25)9-7-16/h5-10H,13H2,1-4H3/t24-/m0/s1. The maximum Gasteiger partial charge on any atom is 0.261 e. The Morgan fingerprint density at radius 1 is 1.07 bits per heavy atom. The van der Waals surface area contributed by atoms with Crippen LogP contribution >= 0.6 is 11.6 Å². The van der Waals surface area contributed by atoms with Gasteiger partial charge in [-0.15, -0.1) is 0 Å². The molecule has 0 N–H and O–H groups in total. The van der Waals surface area contributed by atoms with Gasteiger partial charge in [-0.25, -0.2) is 0 Å². The Balaban J connectivity index is 2.11. The predicted octanol–water partition coefficient (Wildman–Crippen LogP) is 5.28. The minimum atomic E-state index is -0.501. The van der Waals surface area contributed by atoms with E-state index in [-0.39, 0.29) is 22.5 Å². The number of halogens is 1. The number of allylic oxidation sites excluding steroid dienone is 1. The van der Waals surface area contributed by atoms with Gasteiger partial charge < -0.3 is 4.90 Å². The van der Waals surface area contributed by atoms with Crippen molar-refractivity contribution in [3.05, 3.63) is 69.2 Å². The molecule has 1 amide bonds. The maximum atomic E-state index is 13.4. The Labute approximate surface area is 175 Å². The molecule has 4 nitrogen and oxygen atoms in total. The van der Waals surface area contributed by atoms with Crippen LogP contribution in [0.25, 0.3) is 5.57 Å². The lowest BCUT2D eigenvalue weighted by atomic mass is 9.65. The average Bonchev–Trinajstić information content (AvgIpc) is 2.97. The molecule has 2 heterocycles. The van der Waals surface area contributed by atoms with Crippen molar-refractivity contribution in [2.45, 2.75) is 45.1 Å². The monoisotopic (exact) mass is 401 g/mol. The van der Waals surface area contributed by atoms with Crippen LogP contribution in [0.5, 0.6) is 0 Å². The van der Waals surface area contributed by atoms with E-state index in [9.17, 15) is 15.3 Å². The first-order valence-corrected chi connectivity index (χ1v) is 9.83. The third-order valence-corrected chi connectivity index (χ3v) is 6.47. The number of amides is 1. The lowest BCUT2D eigenvalue weighted by Gasteiger charge is -2.50. The summed E-state index contributed by atoms with van der Waals surface area (Å²) in [4.78, 5) is 15.2. The fourth-order valence-corrected chi connectivity index (χ4v) is 5.19. The molecule has 0 bridgehead atoms. The van der Waals surface area contributed by atoms with Crippen molar-refractivity contribution >= 4 is 28.8 Å². The molecule has 0 saturated heterocycles. The van der Waals surface area contributed by atoms with Crippen molar-refractivity contribution in [2.75, 3.05) is 4.90 Å². The molecule has 0 aliphatic carbocycles. The Bertz CT molecular complexity index is 1160. The smallest absolute Gasteiger partial charge is 0.261 e. The van der Waals surface area contributed by atoms with Gasteiger partial charge in [-0.3, -0.25) is 4.79 Å². The molecule has 0 aromatic heterocycles. The second-order valence-corrected chi connectivity index (χ2v) is 9.03. The number of hydrogen-bond acceptors (Lipinski definition) is 3. The summed E-state index contributed by atoms with van der Waals surface area (Å²) in [7, 11) is 0. The van der Waals surface area contributed by atoms with Gasteiger partial charge in [-0.2, -0.15) is 10.5 Å². The fourth-order valence-electron chi connectivity index (χ4n) is 5.07. The van der Waals surface area contributed by atoms with Gasteiger partial charge in [0, 0.05) is 21.5 Å². The molecule has 0 spiro atoms. The summed E-state index contributed by atoms with van der Waals surface area (Å²) in [6.07, 6.45) is 0.699. The summed E-state index contributed by atoms with van der Waals surface area (Å²) in [6, 6.07) is 15.7. The van der Waals surface area contributed by atoms with Crippen LogP contribution in [0.15, 0.2) is 42.0 Å². The molecular formula is C24H20ClN3O. The fraction of sp³-hybridized carbons (Fsp3) is 0.292. The van der Waals surface area contributed by atoms with Crippen LogP contribution in [-0.2, 0) is 10.2 Å². The van der Waals surface area contributed by atoms with Gasteiger partial charge >= 0.3 is 0 Å². The highest BCUT2D eigenvalue weighted by molar-refractivity contribution is 6.35. The van der Waals surface area contributed by atoms with Gasteiger partial charge in [-0.05, 0) is 56.0 Å². The van der Waals surface area contributed by atoms with E-state index in [1.165, 1.54) is 0 Å². The van der Waals surface area contributed by atoms with Gasteiger partial charge in [0.1, 0.15) is 17.7 Å². The number of hydrogen-bond donors (Lipinski definition) is 0. The van der Waals surface area contributed by atoms with E-state index in [0.717, 1.165) is 22.4 Å². The van der Waals surface area contributed by atoms with Crippen LogP contribution < -0.4 is 4.90 Å². The lowest BCUT2D eigenvalue weighted by Crippen LogP contribution is -2.54. The van der Waals surface area contributed by atoms with Crippen LogP contribution in [0.2, 0.25) is 5.02 Å². The van der Waals surface area contributed by atoms with Crippen molar-refractivity contribution in [3.8, 4) is 12.1 Å². The molecule has 0 fully saturated rings. The first-order valence-electron chi connectivity index (χ1n) is 9.45. The number of rotatable bonds is 1. The van der Waals surface area contributed by atoms with Crippen LogP contribution in [0, 0.1) is 29.6 Å². The Hall–Kier alpha value is -3.08. The highest BCUT2D eigenvalue weighted by atomic mass is 35.5. The molecule has 5 heteroatoms. The first kappa shape index (κ1) is 19.2. The van der Waals surface area contributed by atoms with Crippen LogP contribution in [0.1, 0.15) is 49.4 Å². The zero-order chi connectivity index (χ0) is 21.1. The molecule has 0 unspecified atom stereocenters. The summed E-state index contributed by atoms with van der Waals surface area (Å²) in [5.41, 5.74) is 3.79. The molecule has 0 radical (unpaired) electrons. The normalized spacial score (nSPS) is 21.4. The largest absolute Gasteiger partial charge is 0.302 e. The van der Waals surface area contributed by atoms with Crippen LogP contribution in [-0.4, -0.2) is 11.4 Å². The molecule has 29 heavy (non-hydrogen) atoms. The van der Waals surface area contributed by atoms with Gasteiger partial charge in [0.15, 0.2) is 0 Å². The number of benzene rings is 2. The second-order valence-electron chi connectivity index (χ2n) is 8.60. The summed E-state index contributed by atoms with van der Waals surface area (Å²) in [6.45, 7) is 8.17. The van der Waals surface area contributed by atoms with Crippen LogP contribution in [0.3, 0.4) is 0 Å².